The first-order chi connectivity index (χ1) is 9.65. The summed E-state index contributed by atoms with van der Waals surface area (Å²) in [5, 5.41) is 3.99. The first kappa shape index (κ1) is 17.9. The molecule has 1 unspecified atom stereocenters. The van der Waals surface area contributed by atoms with E-state index >= 15 is 0 Å². The lowest BCUT2D eigenvalue weighted by atomic mass is 10.0. The van der Waals surface area contributed by atoms with Crippen molar-refractivity contribution in [2.75, 3.05) is 26.4 Å². The summed E-state index contributed by atoms with van der Waals surface area (Å²) < 4.78 is 29.3. The smallest absolute Gasteiger partial charge is 0.246 e. The summed E-state index contributed by atoms with van der Waals surface area (Å²) in [4.78, 5) is 2.02. The number of aryl methyl sites for hydroxylation is 1. The highest BCUT2D eigenvalue weighted by atomic mass is 32.2. The topological polar surface area (TPSA) is 93.2 Å². The number of hydrogen-bond donors (Lipinski definition) is 2. The van der Waals surface area contributed by atoms with E-state index in [1.807, 2.05) is 25.9 Å². The van der Waals surface area contributed by atoms with Gasteiger partial charge in [-0.2, -0.15) is 5.10 Å². The van der Waals surface area contributed by atoms with Crippen LogP contribution in [-0.2, 0) is 16.6 Å². The maximum Gasteiger partial charge on any atom is 0.246 e. The lowest BCUT2D eigenvalue weighted by Crippen LogP contribution is -2.42. The molecule has 0 fully saturated rings. The molecule has 0 radical (unpaired) electrons. The standard InChI is InChI=1S/C13H27N5O2S/c1-6-18-9-12(13(14)15-18)21(19,20)16-11(7-10(2)3)8-17(4)5/h9-11,16H,6-8H2,1-5H3,(H2,14,15). The van der Waals surface area contributed by atoms with Gasteiger partial charge in [0.15, 0.2) is 5.82 Å². The highest BCUT2D eigenvalue weighted by molar-refractivity contribution is 7.89. The summed E-state index contributed by atoms with van der Waals surface area (Å²) in [5.74, 6) is 0.436. The zero-order chi connectivity index (χ0) is 16.2. The Hall–Kier alpha value is -1.12. The van der Waals surface area contributed by atoms with Crippen molar-refractivity contribution >= 4 is 15.8 Å². The van der Waals surface area contributed by atoms with Crippen LogP contribution < -0.4 is 10.5 Å². The van der Waals surface area contributed by atoms with Crippen LogP contribution in [0.4, 0.5) is 5.82 Å². The maximum absolute atomic E-state index is 12.5. The number of hydrogen-bond acceptors (Lipinski definition) is 5. The minimum Gasteiger partial charge on any atom is -0.381 e. The van der Waals surface area contributed by atoms with Gasteiger partial charge in [0.1, 0.15) is 4.90 Å². The fourth-order valence-corrected chi connectivity index (χ4v) is 3.55. The molecule has 0 saturated carbocycles. The molecule has 1 rings (SSSR count). The van der Waals surface area contributed by atoms with E-state index in [0.717, 1.165) is 6.42 Å². The zero-order valence-corrected chi connectivity index (χ0v) is 14.3. The molecule has 0 aromatic carbocycles. The Balaban J connectivity index is 2.96. The van der Waals surface area contributed by atoms with Gasteiger partial charge in [-0.25, -0.2) is 13.1 Å². The van der Waals surface area contributed by atoms with Crippen LogP contribution in [0.1, 0.15) is 27.2 Å². The molecule has 0 saturated heterocycles. The van der Waals surface area contributed by atoms with Gasteiger partial charge in [-0.1, -0.05) is 13.8 Å². The van der Waals surface area contributed by atoms with E-state index in [2.05, 4.69) is 23.7 Å². The minimum atomic E-state index is -3.66. The van der Waals surface area contributed by atoms with Crippen LogP contribution in [0.5, 0.6) is 0 Å². The predicted octanol–water partition coefficient (Wildman–Crippen LogP) is 0.740. The summed E-state index contributed by atoms with van der Waals surface area (Å²) in [6.07, 6.45) is 2.24. The summed E-state index contributed by atoms with van der Waals surface area (Å²) in [6.45, 7) is 7.23. The molecule has 0 aliphatic heterocycles. The number of aromatic nitrogens is 2. The molecule has 7 nitrogen and oxygen atoms in total. The van der Waals surface area contributed by atoms with E-state index in [9.17, 15) is 8.42 Å². The maximum atomic E-state index is 12.5. The van der Waals surface area contributed by atoms with Crippen molar-refractivity contribution < 1.29 is 8.42 Å². The van der Waals surface area contributed by atoms with Crippen LogP contribution in [0.3, 0.4) is 0 Å². The predicted molar refractivity (Wildman–Crippen MR) is 84.4 cm³/mol. The van der Waals surface area contributed by atoms with Gasteiger partial charge in [-0.3, -0.25) is 4.68 Å². The second kappa shape index (κ2) is 7.24. The van der Waals surface area contributed by atoms with Crippen molar-refractivity contribution in [2.45, 2.75) is 44.7 Å². The van der Waals surface area contributed by atoms with Crippen LogP contribution >= 0.6 is 0 Å². The van der Waals surface area contributed by atoms with Crippen molar-refractivity contribution in [2.24, 2.45) is 5.92 Å². The van der Waals surface area contributed by atoms with Crippen molar-refractivity contribution in [1.82, 2.24) is 19.4 Å². The molecule has 0 spiro atoms. The number of likely N-dealkylation sites (N-methyl/N-ethyl adjacent to an activating group) is 1. The van der Waals surface area contributed by atoms with Gasteiger partial charge in [0.05, 0.1) is 0 Å². The van der Waals surface area contributed by atoms with E-state index < -0.39 is 10.0 Å². The number of nitrogens with two attached hydrogens (primary N) is 1. The van der Waals surface area contributed by atoms with Crippen LogP contribution in [-0.4, -0.2) is 49.8 Å². The Morgan fingerprint density at radius 2 is 2.05 bits per heavy atom. The molecule has 122 valence electrons. The monoisotopic (exact) mass is 317 g/mol. The molecule has 3 N–H and O–H groups in total. The highest BCUT2D eigenvalue weighted by Gasteiger charge is 2.25. The second-order valence-electron chi connectivity index (χ2n) is 5.94. The van der Waals surface area contributed by atoms with Gasteiger partial charge in [0.25, 0.3) is 0 Å². The lowest BCUT2D eigenvalue weighted by Gasteiger charge is -2.23. The normalized spacial score (nSPS) is 14.0. The molecular formula is C13H27N5O2S. The fraction of sp³-hybridized carbons (Fsp3) is 0.769. The van der Waals surface area contributed by atoms with Crippen LogP contribution in [0.2, 0.25) is 0 Å². The SMILES string of the molecule is CCn1cc(S(=O)(=O)NC(CC(C)C)CN(C)C)c(N)n1. The van der Waals surface area contributed by atoms with E-state index in [4.69, 9.17) is 5.73 Å². The summed E-state index contributed by atoms with van der Waals surface area (Å²) in [5.41, 5.74) is 5.72. The Morgan fingerprint density at radius 3 is 2.48 bits per heavy atom. The van der Waals surface area contributed by atoms with E-state index in [1.165, 1.54) is 10.9 Å². The summed E-state index contributed by atoms with van der Waals surface area (Å²) in [7, 11) is 0.188. The van der Waals surface area contributed by atoms with Gasteiger partial charge in [-0.05, 0) is 33.4 Å². The molecule has 1 heterocycles. The van der Waals surface area contributed by atoms with Crippen LogP contribution in [0.15, 0.2) is 11.1 Å². The molecule has 0 aliphatic rings. The third-order valence-electron chi connectivity index (χ3n) is 3.03. The molecule has 8 heteroatoms. The number of nitrogens with zero attached hydrogens (tertiary/aromatic N) is 3. The van der Waals surface area contributed by atoms with Crippen molar-refractivity contribution in [1.29, 1.82) is 0 Å². The molecule has 0 bridgehead atoms. The largest absolute Gasteiger partial charge is 0.381 e. The van der Waals surface area contributed by atoms with Crippen molar-refractivity contribution in [3.63, 3.8) is 0 Å². The van der Waals surface area contributed by atoms with Gasteiger partial charge < -0.3 is 10.6 Å². The first-order valence-electron chi connectivity index (χ1n) is 7.15. The fourth-order valence-electron chi connectivity index (χ4n) is 2.24. The number of nitrogen functional groups attached to an aromatic ring is 1. The average molecular weight is 317 g/mol. The third-order valence-corrected chi connectivity index (χ3v) is 4.57. The molecule has 1 aromatic heterocycles. The number of sulfonamides is 1. The van der Waals surface area contributed by atoms with Gasteiger partial charge >= 0.3 is 0 Å². The molecule has 0 amide bonds. The van der Waals surface area contributed by atoms with E-state index in [-0.39, 0.29) is 16.8 Å². The number of anilines is 1. The first-order valence-corrected chi connectivity index (χ1v) is 8.64. The minimum absolute atomic E-state index is 0.0394. The number of nitrogens with one attached hydrogen (secondary N) is 1. The van der Waals surface area contributed by atoms with Gasteiger partial charge in [-0.15, -0.1) is 0 Å². The summed E-state index contributed by atoms with van der Waals surface area (Å²) >= 11 is 0. The Kier molecular flexibility index (Phi) is 6.18. The molecule has 0 aliphatic carbocycles. The Labute approximate surface area is 127 Å². The Bertz CT molecular complexity index is 541. The molecular weight excluding hydrogens is 290 g/mol. The van der Waals surface area contributed by atoms with Crippen molar-refractivity contribution in [3.05, 3.63) is 6.20 Å². The van der Waals surface area contributed by atoms with Gasteiger partial charge in [0.2, 0.25) is 10.0 Å². The average Bonchev–Trinajstić information content (AvgIpc) is 2.68. The molecule has 1 aromatic rings. The summed E-state index contributed by atoms with van der Waals surface area (Å²) in [6, 6.07) is -0.158. The third kappa shape index (κ3) is 5.29. The quantitative estimate of drug-likeness (QED) is 0.737. The highest BCUT2D eigenvalue weighted by Crippen LogP contribution is 2.18. The Morgan fingerprint density at radius 1 is 1.43 bits per heavy atom. The number of rotatable bonds is 8. The lowest BCUT2D eigenvalue weighted by molar-refractivity contribution is 0.329. The van der Waals surface area contributed by atoms with Crippen LogP contribution in [0, 0.1) is 5.92 Å². The zero-order valence-electron chi connectivity index (χ0n) is 13.5. The van der Waals surface area contributed by atoms with Crippen molar-refractivity contribution in [3.8, 4) is 0 Å². The van der Waals surface area contributed by atoms with E-state index in [0.29, 0.717) is 19.0 Å². The van der Waals surface area contributed by atoms with Crippen LogP contribution in [0.25, 0.3) is 0 Å². The second-order valence-corrected chi connectivity index (χ2v) is 7.63. The molecule has 1 atom stereocenters. The van der Waals surface area contributed by atoms with E-state index in [1.54, 1.807) is 0 Å². The molecule has 21 heavy (non-hydrogen) atoms. The van der Waals surface area contributed by atoms with Gasteiger partial charge in [0, 0.05) is 25.3 Å².